The molecule has 0 saturated carbocycles. The summed E-state index contributed by atoms with van der Waals surface area (Å²) < 4.78 is 11.2. The Morgan fingerprint density at radius 3 is 1.12 bits per heavy atom. The van der Waals surface area contributed by atoms with Gasteiger partial charge in [0.05, 0.1) is 11.0 Å². The third kappa shape index (κ3) is 5.40. The Morgan fingerprint density at radius 2 is 0.712 bits per heavy atom. The molecule has 0 bridgehead atoms. The molecule has 0 N–H and O–H groups in total. The van der Waals surface area contributed by atoms with Crippen LogP contribution in [0.3, 0.4) is 0 Å². The predicted molar refractivity (Wildman–Crippen MR) is 242 cm³/mol. The maximum Gasteiger partial charge on any atom is 0.145 e. The highest BCUT2D eigenvalue weighted by atomic mass is 16.5. The highest BCUT2D eigenvalue weighted by molar-refractivity contribution is 6.18. The Labute approximate surface area is 339 Å². The van der Waals surface area contributed by atoms with Gasteiger partial charge in [-0.15, -0.1) is 0 Å². The lowest BCUT2D eigenvalue weighted by Crippen LogP contribution is -1.96. The normalized spacial score (nSPS) is 11.7. The van der Waals surface area contributed by atoms with Crippen LogP contribution in [-0.2, 0) is 0 Å². The van der Waals surface area contributed by atoms with Gasteiger partial charge in [0.15, 0.2) is 0 Å². The van der Waals surface area contributed by atoms with Crippen molar-refractivity contribution in [3.05, 3.63) is 207 Å². The van der Waals surface area contributed by atoms with Crippen molar-refractivity contribution in [2.24, 2.45) is 0 Å². The summed E-state index contributed by atoms with van der Waals surface area (Å²) in [7, 11) is 0. The first-order valence-electron chi connectivity index (χ1n) is 19.9. The number of rotatable bonds is 6. The second kappa shape index (κ2) is 13.3. The molecule has 0 saturated heterocycles. The SMILES string of the molecule is c1ccc(-c2cc(-c3ccccc3)c3c(c2)c2ccc(Oc4ccc5c(c4)c4nccn4c4c(-c6ccccc6)cc(-c6ccccc6)cc54)cc2c2nccn23)cc1. The fourth-order valence-corrected chi connectivity index (χ4v) is 8.98. The van der Waals surface area contributed by atoms with Crippen molar-refractivity contribution in [1.29, 1.82) is 0 Å². The van der Waals surface area contributed by atoms with Gasteiger partial charge in [0.2, 0.25) is 0 Å². The summed E-state index contributed by atoms with van der Waals surface area (Å²) in [5.74, 6) is 1.47. The van der Waals surface area contributed by atoms with Crippen molar-refractivity contribution < 1.29 is 4.74 Å². The number of hydrogen-bond donors (Lipinski definition) is 0. The first-order chi connectivity index (χ1) is 29.2. The van der Waals surface area contributed by atoms with Gasteiger partial charge in [-0.25, -0.2) is 9.97 Å². The second-order valence-corrected chi connectivity index (χ2v) is 15.1. The van der Waals surface area contributed by atoms with Crippen molar-refractivity contribution in [3.63, 3.8) is 0 Å². The molecule has 8 aromatic carbocycles. The van der Waals surface area contributed by atoms with E-state index in [2.05, 4.69) is 203 Å². The summed E-state index contributed by atoms with van der Waals surface area (Å²) in [5.41, 5.74) is 13.3. The quantitative estimate of drug-likeness (QED) is 0.159. The van der Waals surface area contributed by atoms with Crippen molar-refractivity contribution in [1.82, 2.24) is 18.8 Å². The van der Waals surface area contributed by atoms with Crippen molar-refractivity contribution in [2.45, 2.75) is 0 Å². The van der Waals surface area contributed by atoms with Crippen LogP contribution in [0.15, 0.2) is 207 Å². The standard InChI is InChI=1S/C54H34N4O/c1-5-13-35(14-6-1)39-29-45(37-17-9-3-10-18-37)51-47(31-39)43-23-21-41(33-49(43)53-55-25-27-57(51)53)59-42-22-24-44-48-32-40(36-15-7-2-8-16-36)30-46(38-19-11-4-12-20-38)52(48)58-28-26-56-54(58)50(44)34-42/h1-34H. The maximum atomic E-state index is 6.77. The average molecular weight is 755 g/mol. The Kier molecular flexibility index (Phi) is 7.47. The van der Waals surface area contributed by atoms with Gasteiger partial charge in [0.1, 0.15) is 22.8 Å². The molecule has 4 aromatic heterocycles. The third-order valence-corrected chi connectivity index (χ3v) is 11.6. The molecule has 5 nitrogen and oxygen atoms in total. The molecule has 0 aliphatic carbocycles. The molecule has 276 valence electrons. The zero-order valence-corrected chi connectivity index (χ0v) is 31.8. The number of imidazole rings is 2. The Hall–Kier alpha value is -8.02. The van der Waals surface area contributed by atoms with E-state index in [0.717, 1.165) is 88.4 Å². The maximum absolute atomic E-state index is 6.77. The van der Waals surface area contributed by atoms with Gasteiger partial charge in [-0.2, -0.15) is 0 Å². The van der Waals surface area contributed by atoms with Crippen LogP contribution in [0.25, 0.3) is 99.2 Å². The molecule has 0 amide bonds. The molecule has 0 unspecified atom stereocenters. The number of fused-ring (bicyclic) bond motifs is 12. The van der Waals surface area contributed by atoms with Crippen molar-refractivity contribution in [2.75, 3.05) is 0 Å². The van der Waals surface area contributed by atoms with Crippen LogP contribution in [0.2, 0.25) is 0 Å². The zero-order valence-electron chi connectivity index (χ0n) is 31.8. The Balaban J connectivity index is 1.03. The van der Waals surface area contributed by atoms with Gasteiger partial charge in [0.25, 0.3) is 0 Å². The van der Waals surface area contributed by atoms with E-state index in [0.29, 0.717) is 0 Å². The Morgan fingerprint density at radius 1 is 0.322 bits per heavy atom. The first kappa shape index (κ1) is 33.2. The lowest BCUT2D eigenvalue weighted by atomic mass is 9.93. The number of pyridine rings is 2. The van der Waals surface area contributed by atoms with Crippen LogP contribution >= 0.6 is 0 Å². The highest BCUT2D eigenvalue weighted by Crippen LogP contribution is 2.42. The lowest BCUT2D eigenvalue weighted by Gasteiger charge is -2.17. The Bertz CT molecular complexity index is 3320. The van der Waals surface area contributed by atoms with Crippen molar-refractivity contribution >= 4 is 54.6 Å². The van der Waals surface area contributed by atoms with E-state index >= 15 is 0 Å². The summed E-state index contributed by atoms with van der Waals surface area (Å²) in [6.07, 6.45) is 7.90. The minimum atomic E-state index is 0.737. The molecular weight excluding hydrogens is 721 g/mol. The van der Waals surface area contributed by atoms with E-state index in [1.165, 1.54) is 22.3 Å². The minimum Gasteiger partial charge on any atom is -0.457 e. The average Bonchev–Trinajstić information content (AvgIpc) is 4.01. The van der Waals surface area contributed by atoms with Gasteiger partial charge >= 0.3 is 0 Å². The molecule has 0 radical (unpaired) electrons. The topological polar surface area (TPSA) is 43.8 Å². The smallest absolute Gasteiger partial charge is 0.145 e. The highest BCUT2D eigenvalue weighted by Gasteiger charge is 2.19. The summed E-state index contributed by atoms with van der Waals surface area (Å²) in [4.78, 5) is 9.83. The van der Waals surface area contributed by atoms with Gasteiger partial charge < -0.3 is 4.74 Å². The van der Waals surface area contributed by atoms with Crippen LogP contribution < -0.4 is 4.74 Å². The molecule has 0 fully saturated rings. The van der Waals surface area contributed by atoms with E-state index in [1.807, 2.05) is 12.4 Å². The molecule has 0 spiro atoms. The molecule has 5 heteroatoms. The van der Waals surface area contributed by atoms with E-state index in [9.17, 15) is 0 Å². The van der Waals surface area contributed by atoms with Gasteiger partial charge in [-0.3, -0.25) is 8.80 Å². The first-order valence-corrected chi connectivity index (χ1v) is 19.9. The number of benzene rings is 8. The molecule has 0 atom stereocenters. The fourth-order valence-electron chi connectivity index (χ4n) is 8.98. The van der Waals surface area contributed by atoms with Crippen LogP contribution in [0.5, 0.6) is 11.5 Å². The number of nitrogens with zero attached hydrogens (tertiary/aromatic N) is 4. The summed E-state index contributed by atoms with van der Waals surface area (Å²) in [6, 6.07) is 64.5. The van der Waals surface area contributed by atoms with E-state index < -0.39 is 0 Å². The summed E-state index contributed by atoms with van der Waals surface area (Å²) in [6.45, 7) is 0. The summed E-state index contributed by atoms with van der Waals surface area (Å²) >= 11 is 0. The summed E-state index contributed by atoms with van der Waals surface area (Å²) in [5, 5.41) is 6.59. The molecule has 0 aliphatic heterocycles. The molecular formula is C54H34N4O. The van der Waals surface area contributed by atoms with Gasteiger partial charge in [-0.05, 0) is 105 Å². The van der Waals surface area contributed by atoms with Gasteiger partial charge in [0, 0.05) is 57.5 Å². The minimum absolute atomic E-state index is 0.737. The van der Waals surface area contributed by atoms with Gasteiger partial charge in [-0.1, -0.05) is 121 Å². The number of aromatic nitrogens is 4. The third-order valence-electron chi connectivity index (χ3n) is 11.6. The van der Waals surface area contributed by atoms with Crippen LogP contribution in [0, 0.1) is 0 Å². The van der Waals surface area contributed by atoms with Crippen LogP contribution in [-0.4, -0.2) is 18.8 Å². The largest absolute Gasteiger partial charge is 0.457 e. The van der Waals surface area contributed by atoms with Crippen LogP contribution in [0.4, 0.5) is 0 Å². The predicted octanol–water partition coefficient (Wildman–Crippen LogP) is 14.1. The molecule has 59 heavy (non-hydrogen) atoms. The second-order valence-electron chi connectivity index (χ2n) is 15.1. The molecule has 12 rings (SSSR count). The lowest BCUT2D eigenvalue weighted by molar-refractivity contribution is 0.484. The molecule has 12 aromatic rings. The molecule has 0 aliphatic rings. The van der Waals surface area contributed by atoms with Crippen LogP contribution in [0.1, 0.15) is 0 Å². The number of ether oxygens (including phenoxy) is 1. The monoisotopic (exact) mass is 754 g/mol. The van der Waals surface area contributed by atoms with Crippen molar-refractivity contribution in [3.8, 4) is 56.0 Å². The van der Waals surface area contributed by atoms with E-state index in [-0.39, 0.29) is 0 Å². The zero-order chi connectivity index (χ0) is 38.9. The fraction of sp³-hybridized carbons (Fsp3) is 0. The van der Waals surface area contributed by atoms with E-state index in [1.54, 1.807) is 0 Å². The number of hydrogen-bond acceptors (Lipinski definition) is 3. The molecule has 4 heterocycles. The van der Waals surface area contributed by atoms with E-state index in [4.69, 9.17) is 14.7 Å².